The Morgan fingerprint density at radius 3 is 2.50 bits per heavy atom. The Labute approximate surface area is 259 Å². The highest BCUT2D eigenvalue weighted by atomic mass is 32.2. The maximum absolute atomic E-state index is 13.3. The van der Waals surface area contributed by atoms with Gasteiger partial charge in [0.1, 0.15) is 13.2 Å². The zero-order valence-electron chi connectivity index (χ0n) is 24.3. The number of aromatic carboxylic acids is 1. The lowest BCUT2D eigenvalue weighted by atomic mass is 10.00. The number of amides is 3. The highest BCUT2D eigenvalue weighted by Gasteiger charge is 2.37. The van der Waals surface area contributed by atoms with E-state index in [1.165, 1.54) is 17.7 Å². The molecule has 3 aromatic carbocycles. The van der Waals surface area contributed by atoms with Crippen molar-refractivity contribution in [3.63, 3.8) is 0 Å². The number of ether oxygens (including phenoxy) is 2. The van der Waals surface area contributed by atoms with E-state index in [1.54, 1.807) is 35.3 Å². The molecule has 0 aromatic heterocycles. The molecule has 0 spiro atoms. The van der Waals surface area contributed by atoms with E-state index in [0.717, 1.165) is 39.8 Å². The van der Waals surface area contributed by atoms with E-state index in [4.69, 9.17) is 14.6 Å². The first kappa shape index (κ1) is 30.6. The summed E-state index contributed by atoms with van der Waals surface area (Å²) in [7, 11) is 0. The zero-order valence-corrected chi connectivity index (χ0v) is 25.1. The molecule has 0 aliphatic carbocycles. The van der Waals surface area contributed by atoms with Gasteiger partial charge in [-0.1, -0.05) is 42.5 Å². The fraction of sp³-hybridized carbons (Fsp3) is 0.235. The number of carboxylic acid groups (broad SMARTS) is 1. The fourth-order valence-corrected chi connectivity index (χ4v) is 5.97. The predicted octanol–water partition coefficient (Wildman–Crippen LogP) is 5.71. The monoisotopic (exact) mass is 612 g/mol. The quantitative estimate of drug-likeness (QED) is 0.216. The molecule has 0 unspecified atom stereocenters. The maximum atomic E-state index is 13.3. The van der Waals surface area contributed by atoms with Crippen molar-refractivity contribution >= 4 is 40.9 Å². The smallest absolute Gasteiger partial charge is 0.335 e. The van der Waals surface area contributed by atoms with Crippen molar-refractivity contribution in [2.24, 2.45) is 0 Å². The van der Waals surface area contributed by atoms with Crippen LogP contribution in [0.3, 0.4) is 0 Å². The van der Waals surface area contributed by atoms with Crippen LogP contribution in [-0.4, -0.2) is 57.6 Å². The molecule has 0 bridgehead atoms. The van der Waals surface area contributed by atoms with Gasteiger partial charge in [-0.15, -0.1) is 6.58 Å². The molecule has 5 rings (SSSR count). The molecule has 0 radical (unpaired) electrons. The second-order valence-corrected chi connectivity index (χ2v) is 11.3. The molecule has 9 nitrogen and oxygen atoms in total. The average molecular weight is 613 g/mol. The van der Waals surface area contributed by atoms with Crippen molar-refractivity contribution in [3.8, 4) is 11.5 Å². The van der Waals surface area contributed by atoms with Gasteiger partial charge in [0.2, 0.25) is 5.91 Å². The van der Waals surface area contributed by atoms with Crippen molar-refractivity contribution in [2.45, 2.75) is 32.9 Å². The van der Waals surface area contributed by atoms with Crippen LogP contribution in [0, 0.1) is 0 Å². The first-order valence-corrected chi connectivity index (χ1v) is 15.0. The highest BCUT2D eigenvalue weighted by molar-refractivity contribution is 8.18. The zero-order chi connectivity index (χ0) is 31.2. The molecule has 3 amide bonds. The summed E-state index contributed by atoms with van der Waals surface area (Å²) in [5.41, 5.74) is 4.64. The van der Waals surface area contributed by atoms with Crippen molar-refractivity contribution in [1.82, 2.24) is 9.80 Å². The van der Waals surface area contributed by atoms with Crippen molar-refractivity contribution < 1.29 is 33.8 Å². The van der Waals surface area contributed by atoms with Crippen LogP contribution < -0.4 is 9.47 Å². The topological polar surface area (TPSA) is 113 Å². The number of carbonyl (C=O) groups is 4. The summed E-state index contributed by atoms with van der Waals surface area (Å²) in [5, 5.41) is 8.66. The van der Waals surface area contributed by atoms with E-state index < -0.39 is 17.1 Å². The van der Waals surface area contributed by atoms with Gasteiger partial charge in [0.15, 0.2) is 11.5 Å². The van der Waals surface area contributed by atoms with Crippen LogP contribution in [0.4, 0.5) is 4.79 Å². The second-order valence-electron chi connectivity index (χ2n) is 10.3. The van der Waals surface area contributed by atoms with Gasteiger partial charge in [0, 0.05) is 18.7 Å². The van der Waals surface area contributed by atoms with Crippen LogP contribution in [0.1, 0.15) is 45.1 Å². The van der Waals surface area contributed by atoms with Gasteiger partial charge < -0.3 is 19.5 Å². The molecular weight excluding hydrogens is 580 g/mol. The Bertz CT molecular complexity index is 1650. The Morgan fingerprint density at radius 2 is 1.80 bits per heavy atom. The molecule has 1 saturated heterocycles. The molecular formula is C34H32N2O7S. The van der Waals surface area contributed by atoms with Crippen LogP contribution in [0.2, 0.25) is 0 Å². The minimum atomic E-state index is -1.00. The van der Waals surface area contributed by atoms with E-state index >= 15 is 0 Å². The first-order valence-electron chi connectivity index (χ1n) is 14.2. The Hall–Kier alpha value is -4.83. The lowest BCUT2D eigenvalue weighted by molar-refractivity contribution is -0.136. The third kappa shape index (κ3) is 6.86. The molecule has 1 N–H and O–H groups in total. The molecule has 2 aliphatic rings. The van der Waals surface area contributed by atoms with Gasteiger partial charge in [-0.25, -0.2) is 4.79 Å². The van der Waals surface area contributed by atoms with Crippen LogP contribution in [0.15, 0.2) is 78.2 Å². The lowest BCUT2D eigenvalue weighted by Gasteiger charge is -2.29. The summed E-state index contributed by atoms with van der Waals surface area (Å²) in [4.78, 5) is 53.3. The Balaban J connectivity index is 1.33. The van der Waals surface area contributed by atoms with Crippen molar-refractivity contribution in [2.75, 3.05) is 19.7 Å². The van der Waals surface area contributed by atoms with Crippen LogP contribution >= 0.6 is 11.8 Å². The van der Waals surface area contributed by atoms with E-state index in [0.29, 0.717) is 43.2 Å². The molecule has 0 atom stereocenters. The van der Waals surface area contributed by atoms with Gasteiger partial charge in [0.05, 0.1) is 17.1 Å². The number of thioether (sulfide) groups is 1. The van der Waals surface area contributed by atoms with Crippen LogP contribution in [0.5, 0.6) is 11.5 Å². The number of hydrogen-bond donors (Lipinski definition) is 1. The second kappa shape index (κ2) is 13.6. The third-order valence-corrected chi connectivity index (χ3v) is 8.26. The minimum Gasteiger partial charge on any atom is -0.490 e. The van der Waals surface area contributed by atoms with Gasteiger partial charge in [-0.05, 0) is 84.1 Å². The summed E-state index contributed by atoms with van der Waals surface area (Å²) in [6, 6.07) is 18.0. The number of rotatable bonds is 11. The molecule has 10 heteroatoms. The largest absolute Gasteiger partial charge is 0.490 e. The predicted molar refractivity (Wildman–Crippen MR) is 167 cm³/mol. The number of fused-ring (bicyclic) bond motifs is 1. The summed E-state index contributed by atoms with van der Waals surface area (Å²) in [6.45, 7) is 6.92. The van der Waals surface area contributed by atoms with Crippen LogP contribution in [0.25, 0.3) is 6.08 Å². The number of carbonyl (C=O) groups excluding carboxylic acids is 3. The number of imide groups is 1. The number of benzene rings is 3. The van der Waals surface area contributed by atoms with E-state index in [-0.39, 0.29) is 29.5 Å². The van der Waals surface area contributed by atoms with Gasteiger partial charge in [0.25, 0.3) is 11.1 Å². The van der Waals surface area contributed by atoms with E-state index in [9.17, 15) is 19.2 Å². The Morgan fingerprint density at radius 1 is 1.05 bits per heavy atom. The third-order valence-electron chi connectivity index (χ3n) is 7.35. The molecule has 2 heterocycles. The SMILES string of the molecule is C=CCc1cc(/C=C2\SC(=O)N(CC(=O)N3CCc4ccccc4C3)C2=O)cc(OCC)c1OCc1ccc(C(=O)O)cc1. The normalized spacial score (nSPS) is 15.3. The molecule has 226 valence electrons. The van der Waals surface area contributed by atoms with Crippen LogP contribution in [-0.2, 0) is 35.6 Å². The number of hydrogen-bond acceptors (Lipinski definition) is 7. The van der Waals surface area contributed by atoms with Gasteiger partial charge in [-0.2, -0.15) is 0 Å². The highest BCUT2D eigenvalue weighted by Crippen LogP contribution is 2.38. The number of carboxylic acids is 1. The lowest BCUT2D eigenvalue weighted by Crippen LogP contribution is -2.44. The molecule has 0 saturated carbocycles. The maximum Gasteiger partial charge on any atom is 0.335 e. The van der Waals surface area contributed by atoms with E-state index in [1.807, 2.05) is 31.2 Å². The standard InChI is InChI=1S/C34H32N2O7S/c1-3-7-26-16-23(17-28(42-4-2)31(26)43-21-22-10-12-25(13-11-22)33(39)40)18-29-32(38)36(34(41)44-29)20-30(37)35-15-14-24-8-5-6-9-27(24)19-35/h3,5-6,8-13,16-18H,1,4,7,14-15,19-21H2,2H3,(H,39,40)/b29-18-. The molecule has 44 heavy (non-hydrogen) atoms. The minimum absolute atomic E-state index is 0.180. The molecule has 1 fully saturated rings. The van der Waals surface area contributed by atoms with Gasteiger partial charge >= 0.3 is 5.97 Å². The van der Waals surface area contributed by atoms with E-state index in [2.05, 4.69) is 12.6 Å². The molecule has 3 aromatic rings. The summed E-state index contributed by atoms with van der Waals surface area (Å²) in [6.07, 6.45) is 4.53. The van der Waals surface area contributed by atoms with Crippen molar-refractivity contribution in [1.29, 1.82) is 0 Å². The Kier molecular flexibility index (Phi) is 9.50. The number of nitrogens with zero attached hydrogens (tertiary/aromatic N) is 2. The summed E-state index contributed by atoms with van der Waals surface area (Å²) in [5.74, 6) is -0.821. The summed E-state index contributed by atoms with van der Waals surface area (Å²) < 4.78 is 12.0. The van der Waals surface area contributed by atoms with Crippen molar-refractivity contribution in [3.05, 3.63) is 112 Å². The average Bonchev–Trinajstić information content (AvgIpc) is 3.28. The fourth-order valence-electron chi connectivity index (χ4n) is 5.13. The first-order chi connectivity index (χ1) is 21.3. The summed E-state index contributed by atoms with van der Waals surface area (Å²) >= 11 is 0.801. The number of allylic oxidation sites excluding steroid dienone is 1. The molecule has 2 aliphatic heterocycles. The van der Waals surface area contributed by atoms with Gasteiger partial charge in [-0.3, -0.25) is 19.3 Å².